The van der Waals surface area contributed by atoms with Crippen molar-refractivity contribution in [3.8, 4) is 5.69 Å². The van der Waals surface area contributed by atoms with Crippen LogP contribution >= 0.6 is 12.4 Å². The maximum absolute atomic E-state index is 12.1. The third-order valence-corrected chi connectivity index (χ3v) is 3.61. The number of nitrogens with zero attached hydrogens (tertiary/aromatic N) is 3. The second kappa shape index (κ2) is 7.38. The summed E-state index contributed by atoms with van der Waals surface area (Å²) in [5.41, 5.74) is 0.920. The second-order valence-corrected chi connectivity index (χ2v) is 5.19. The smallest absolute Gasteiger partial charge is 0.290 e. The number of carbonyl (C=O) groups is 1. The number of hydrogen-bond donors (Lipinski definition) is 2. The topological polar surface area (TPSA) is 71.8 Å². The summed E-state index contributed by atoms with van der Waals surface area (Å²) >= 11 is 0. The van der Waals surface area contributed by atoms with E-state index in [1.807, 2.05) is 37.3 Å². The van der Waals surface area contributed by atoms with Gasteiger partial charge in [0.1, 0.15) is 5.82 Å². The first-order chi connectivity index (χ1) is 10.3. The van der Waals surface area contributed by atoms with Crippen LogP contribution in [0.2, 0.25) is 0 Å². The van der Waals surface area contributed by atoms with E-state index in [0.717, 1.165) is 31.0 Å². The van der Waals surface area contributed by atoms with E-state index in [4.69, 9.17) is 0 Å². The van der Waals surface area contributed by atoms with E-state index in [9.17, 15) is 4.79 Å². The van der Waals surface area contributed by atoms with Crippen molar-refractivity contribution in [3.05, 3.63) is 42.0 Å². The predicted octanol–water partition coefficient (Wildman–Crippen LogP) is 1.20. The minimum atomic E-state index is -0.203. The Balaban J connectivity index is 0.00000176. The Bertz CT molecular complexity index is 624. The number of aryl methyl sites for hydroxylation is 1. The highest BCUT2D eigenvalue weighted by Gasteiger charge is 2.20. The largest absolute Gasteiger partial charge is 0.349 e. The normalized spacial score (nSPS) is 14.0. The average Bonchev–Trinajstić information content (AvgIpc) is 2.90. The third-order valence-electron chi connectivity index (χ3n) is 3.61. The SMILES string of the molecule is CCc1nc(C(=O)NCC2CNC2)nn1-c1ccccc1.Cl. The lowest BCUT2D eigenvalue weighted by Crippen LogP contribution is -2.48. The van der Waals surface area contributed by atoms with Gasteiger partial charge in [-0.05, 0) is 12.1 Å². The molecule has 3 rings (SSSR count). The van der Waals surface area contributed by atoms with Crippen molar-refractivity contribution >= 4 is 18.3 Å². The lowest BCUT2D eigenvalue weighted by Gasteiger charge is -2.26. The molecule has 22 heavy (non-hydrogen) atoms. The van der Waals surface area contributed by atoms with Crippen LogP contribution in [0.25, 0.3) is 5.69 Å². The van der Waals surface area contributed by atoms with Crippen molar-refractivity contribution in [2.24, 2.45) is 5.92 Å². The molecular formula is C15H20ClN5O. The van der Waals surface area contributed by atoms with Gasteiger partial charge < -0.3 is 10.6 Å². The summed E-state index contributed by atoms with van der Waals surface area (Å²) < 4.78 is 1.74. The van der Waals surface area contributed by atoms with Crippen molar-refractivity contribution in [3.63, 3.8) is 0 Å². The van der Waals surface area contributed by atoms with Crippen molar-refractivity contribution < 1.29 is 4.79 Å². The molecule has 1 aliphatic rings. The molecule has 1 aromatic heterocycles. The van der Waals surface area contributed by atoms with E-state index >= 15 is 0 Å². The first-order valence-electron chi connectivity index (χ1n) is 7.28. The summed E-state index contributed by atoms with van der Waals surface area (Å²) in [5, 5.41) is 10.4. The van der Waals surface area contributed by atoms with Gasteiger partial charge in [0, 0.05) is 32.0 Å². The predicted molar refractivity (Wildman–Crippen MR) is 86.7 cm³/mol. The van der Waals surface area contributed by atoms with Gasteiger partial charge in [-0.1, -0.05) is 25.1 Å². The maximum Gasteiger partial charge on any atom is 0.290 e. The van der Waals surface area contributed by atoms with E-state index < -0.39 is 0 Å². The van der Waals surface area contributed by atoms with Gasteiger partial charge in [0.2, 0.25) is 5.82 Å². The first kappa shape index (κ1) is 16.5. The number of carbonyl (C=O) groups excluding carboxylic acids is 1. The van der Waals surface area contributed by atoms with Gasteiger partial charge in [-0.25, -0.2) is 9.67 Å². The van der Waals surface area contributed by atoms with Crippen LogP contribution in [0.3, 0.4) is 0 Å². The highest BCUT2D eigenvalue weighted by atomic mass is 35.5. The molecule has 1 aromatic carbocycles. The van der Waals surface area contributed by atoms with Crippen LogP contribution in [-0.2, 0) is 6.42 Å². The van der Waals surface area contributed by atoms with E-state index in [1.165, 1.54) is 0 Å². The third kappa shape index (κ3) is 3.45. The quantitative estimate of drug-likeness (QED) is 0.868. The Morgan fingerprint density at radius 1 is 1.36 bits per heavy atom. The van der Waals surface area contributed by atoms with Crippen molar-refractivity contribution in [1.82, 2.24) is 25.4 Å². The highest BCUT2D eigenvalue weighted by Crippen LogP contribution is 2.10. The summed E-state index contributed by atoms with van der Waals surface area (Å²) in [4.78, 5) is 16.5. The molecule has 0 aliphatic carbocycles. The summed E-state index contributed by atoms with van der Waals surface area (Å²) in [5.74, 6) is 1.35. The molecule has 2 aromatic rings. The molecule has 0 radical (unpaired) electrons. The minimum Gasteiger partial charge on any atom is -0.349 e. The summed E-state index contributed by atoms with van der Waals surface area (Å²) in [7, 11) is 0. The minimum absolute atomic E-state index is 0. The number of amides is 1. The van der Waals surface area contributed by atoms with Gasteiger partial charge in [-0.3, -0.25) is 4.79 Å². The molecule has 0 unspecified atom stereocenters. The fourth-order valence-corrected chi connectivity index (χ4v) is 2.25. The van der Waals surface area contributed by atoms with Gasteiger partial charge in [-0.15, -0.1) is 17.5 Å². The molecule has 2 heterocycles. The summed E-state index contributed by atoms with van der Waals surface area (Å²) in [6.45, 7) is 4.61. The van der Waals surface area contributed by atoms with Crippen LogP contribution < -0.4 is 10.6 Å². The van der Waals surface area contributed by atoms with E-state index in [0.29, 0.717) is 12.5 Å². The number of para-hydroxylation sites is 1. The lowest BCUT2D eigenvalue weighted by molar-refractivity contribution is 0.0932. The fourth-order valence-electron chi connectivity index (χ4n) is 2.25. The van der Waals surface area contributed by atoms with Crippen LogP contribution in [0.5, 0.6) is 0 Å². The molecule has 7 heteroatoms. The molecule has 0 spiro atoms. The van der Waals surface area contributed by atoms with E-state index in [-0.39, 0.29) is 24.1 Å². The lowest BCUT2D eigenvalue weighted by atomic mass is 10.0. The molecule has 2 N–H and O–H groups in total. The molecular weight excluding hydrogens is 302 g/mol. The Morgan fingerprint density at radius 3 is 2.68 bits per heavy atom. The number of aromatic nitrogens is 3. The molecule has 1 fully saturated rings. The number of hydrogen-bond acceptors (Lipinski definition) is 4. The zero-order valence-electron chi connectivity index (χ0n) is 12.5. The molecule has 0 atom stereocenters. The standard InChI is InChI=1S/C15H19N5O.ClH/c1-2-13-18-14(15(21)17-10-11-8-16-9-11)19-20(13)12-6-4-3-5-7-12;/h3-7,11,16H,2,8-10H2,1H3,(H,17,21);1H. The molecule has 6 nitrogen and oxygen atoms in total. The highest BCUT2D eigenvalue weighted by molar-refractivity contribution is 5.90. The molecule has 1 saturated heterocycles. The van der Waals surface area contributed by atoms with Crippen molar-refractivity contribution in [1.29, 1.82) is 0 Å². The zero-order chi connectivity index (χ0) is 14.7. The van der Waals surface area contributed by atoms with Crippen LogP contribution in [-0.4, -0.2) is 40.3 Å². The Morgan fingerprint density at radius 2 is 2.09 bits per heavy atom. The van der Waals surface area contributed by atoms with E-state index in [1.54, 1.807) is 4.68 Å². The number of halogens is 1. The Labute approximate surface area is 135 Å². The van der Waals surface area contributed by atoms with Crippen LogP contribution in [0, 0.1) is 5.92 Å². The number of rotatable bonds is 5. The molecule has 0 bridgehead atoms. The van der Waals surface area contributed by atoms with Gasteiger partial charge in [-0.2, -0.15) is 0 Å². The van der Waals surface area contributed by atoms with Gasteiger partial charge in [0.25, 0.3) is 5.91 Å². The van der Waals surface area contributed by atoms with Gasteiger partial charge in [0.05, 0.1) is 5.69 Å². The van der Waals surface area contributed by atoms with Crippen LogP contribution in [0.15, 0.2) is 30.3 Å². The van der Waals surface area contributed by atoms with E-state index in [2.05, 4.69) is 20.7 Å². The Kier molecular flexibility index (Phi) is 5.51. The van der Waals surface area contributed by atoms with Crippen LogP contribution in [0.4, 0.5) is 0 Å². The number of nitrogens with one attached hydrogen (secondary N) is 2. The maximum atomic E-state index is 12.1. The van der Waals surface area contributed by atoms with Crippen molar-refractivity contribution in [2.75, 3.05) is 19.6 Å². The number of benzene rings is 1. The van der Waals surface area contributed by atoms with Gasteiger partial charge in [0.15, 0.2) is 0 Å². The molecule has 1 amide bonds. The van der Waals surface area contributed by atoms with Crippen molar-refractivity contribution in [2.45, 2.75) is 13.3 Å². The summed E-state index contributed by atoms with van der Waals surface area (Å²) in [6.07, 6.45) is 0.724. The second-order valence-electron chi connectivity index (χ2n) is 5.19. The van der Waals surface area contributed by atoms with Gasteiger partial charge >= 0.3 is 0 Å². The fraction of sp³-hybridized carbons (Fsp3) is 0.400. The molecule has 0 saturated carbocycles. The average molecular weight is 322 g/mol. The molecule has 118 valence electrons. The monoisotopic (exact) mass is 321 g/mol. The molecule has 1 aliphatic heterocycles. The Hall–Kier alpha value is -1.92. The summed E-state index contributed by atoms with van der Waals surface area (Å²) in [6, 6.07) is 9.75. The zero-order valence-corrected chi connectivity index (χ0v) is 13.3. The van der Waals surface area contributed by atoms with Crippen LogP contribution in [0.1, 0.15) is 23.4 Å². The first-order valence-corrected chi connectivity index (χ1v) is 7.28.